The zero-order valence-electron chi connectivity index (χ0n) is 15.3. The molecule has 4 aromatic rings. The Balaban J connectivity index is 1.39. The minimum absolute atomic E-state index is 0.0204. The number of halogens is 2. The number of nitrogens with one attached hydrogen (secondary N) is 2. The van der Waals surface area contributed by atoms with Crippen molar-refractivity contribution in [2.24, 2.45) is 5.92 Å². The third-order valence-corrected chi connectivity index (χ3v) is 6.12. The lowest BCUT2D eigenvalue weighted by atomic mass is 10.1. The van der Waals surface area contributed by atoms with Crippen LogP contribution in [-0.4, -0.2) is 16.1 Å². The SMILES string of the molecule is O=C(Nc1ccc2[nH]nc(-c3ccc(Cl)c(Cl)c3)c2c1)[C@H]1C[C@@H]1c1ccccc1. The maximum atomic E-state index is 12.7. The molecule has 1 aromatic heterocycles. The summed E-state index contributed by atoms with van der Waals surface area (Å²) in [6.45, 7) is 0. The van der Waals surface area contributed by atoms with Crippen molar-refractivity contribution in [3.8, 4) is 11.3 Å². The van der Waals surface area contributed by atoms with Gasteiger partial charge in [0.05, 0.1) is 15.6 Å². The fourth-order valence-electron chi connectivity index (χ4n) is 3.74. The summed E-state index contributed by atoms with van der Waals surface area (Å²) in [7, 11) is 0. The summed E-state index contributed by atoms with van der Waals surface area (Å²) in [5.41, 5.74) is 4.49. The van der Waals surface area contributed by atoms with Gasteiger partial charge in [-0.1, -0.05) is 59.6 Å². The number of nitrogens with zero attached hydrogens (tertiary/aromatic N) is 1. The first kappa shape index (κ1) is 18.2. The van der Waals surface area contributed by atoms with Crippen LogP contribution < -0.4 is 5.32 Å². The standard InChI is InChI=1S/C23H17Cl2N3O/c24-19-8-6-14(10-20(19)25)22-18-11-15(7-9-21(18)27-28-22)26-23(29)17-12-16(17)13-4-2-1-3-5-13/h1-11,16-17H,12H2,(H,26,29)(H,27,28)/t16-,17+/m1/s1. The Morgan fingerprint density at radius 3 is 2.62 bits per heavy atom. The summed E-state index contributed by atoms with van der Waals surface area (Å²) in [6.07, 6.45) is 0.887. The summed E-state index contributed by atoms with van der Waals surface area (Å²) < 4.78 is 0. The largest absolute Gasteiger partial charge is 0.326 e. The van der Waals surface area contributed by atoms with E-state index in [1.807, 2.05) is 42.5 Å². The first-order chi connectivity index (χ1) is 14.1. The van der Waals surface area contributed by atoms with E-state index in [4.69, 9.17) is 23.2 Å². The van der Waals surface area contributed by atoms with Crippen LogP contribution in [0.2, 0.25) is 10.0 Å². The van der Waals surface area contributed by atoms with E-state index in [-0.39, 0.29) is 11.8 Å². The van der Waals surface area contributed by atoms with Crippen molar-refractivity contribution in [3.05, 3.63) is 82.3 Å². The van der Waals surface area contributed by atoms with Crippen molar-refractivity contribution in [2.45, 2.75) is 12.3 Å². The van der Waals surface area contributed by atoms with Crippen LogP contribution in [0.5, 0.6) is 0 Å². The molecular formula is C23H17Cl2N3O. The minimum atomic E-state index is 0.0204. The number of carbonyl (C=O) groups is 1. The van der Waals surface area contributed by atoms with Crippen molar-refractivity contribution in [1.82, 2.24) is 10.2 Å². The number of anilines is 1. The molecule has 6 heteroatoms. The van der Waals surface area contributed by atoms with Crippen LogP contribution in [0.4, 0.5) is 5.69 Å². The maximum absolute atomic E-state index is 12.7. The summed E-state index contributed by atoms with van der Waals surface area (Å²) in [5.74, 6) is 0.380. The number of hydrogen-bond donors (Lipinski definition) is 2. The Hall–Kier alpha value is -2.82. The molecule has 2 atom stereocenters. The van der Waals surface area contributed by atoms with E-state index in [9.17, 15) is 4.79 Å². The van der Waals surface area contributed by atoms with Gasteiger partial charge in [-0.3, -0.25) is 9.89 Å². The molecule has 4 nitrogen and oxygen atoms in total. The Morgan fingerprint density at radius 1 is 1.00 bits per heavy atom. The van der Waals surface area contributed by atoms with Crippen LogP contribution >= 0.6 is 23.2 Å². The highest BCUT2D eigenvalue weighted by molar-refractivity contribution is 6.42. The van der Waals surface area contributed by atoms with Gasteiger partial charge in [0, 0.05) is 22.6 Å². The lowest BCUT2D eigenvalue weighted by Crippen LogP contribution is -2.14. The second kappa shape index (κ2) is 7.21. The van der Waals surface area contributed by atoms with Gasteiger partial charge in [-0.25, -0.2) is 0 Å². The number of benzene rings is 3. The lowest BCUT2D eigenvalue weighted by molar-refractivity contribution is -0.117. The van der Waals surface area contributed by atoms with Crippen molar-refractivity contribution in [3.63, 3.8) is 0 Å². The topological polar surface area (TPSA) is 57.8 Å². The summed E-state index contributed by atoms with van der Waals surface area (Å²) in [5, 5.41) is 12.4. The molecule has 1 aliphatic carbocycles. The van der Waals surface area contributed by atoms with Crippen molar-refractivity contribution in [1.29, 1.82) is 0 Å². The van der Waals surface area contributed by atoms with Crippen LogP contribution in [0.25, 0.3) is 22.2 Å². The number of aromatic amines is 1. The predicted octanol–water partition coefficient (Wildman–Crippen LogP) is 6.28. The van der Waals surface area contributed by atoms with E-state index in [0.29, 0.717) is 16.0 Å². The third-order valence-electron chi connectivity index (χ3n) is 5.38. The molecule has 1 aliphatic rings. The molecule has 1 amide bonds. The first-order valence-electron chi connectivity index (χ1n) is 9.39. The monoisotopic (exact) mass is 421 g/mol. The van der Waals surface area contributed by atoms with E-state index in [2.05, 4.69) is 27.6 Å². The Bertz CT molecular complexity index is 1220. The molecule has 29 heavy (non-hydrogen) atoms. The molecule has 2 N–H and O–H groups in total. The molecule has 1 fully saturated rings. The number of amides is 1. The normalized spacial score (nSPS) is 18.0. The van der Waals surface area contributed by atoms with Gasteiger partial charge in [-0.15, -0.1) is 0 Å². The van der Waals surface area contributed by atoms with Gasteiger partial charge in [0.2, 0.25) is 5.91 Å². The molecular weight excluding hydrogens is 405 g/mol. The molecule has 0 unspecified atom stereocenters. The fraction of sp³-hybridized carbons (Fsp3) is 0.130. The Morgan fingerprint density at radius 2 is 1.83 bits per heavy atom. The van der Waals surface area contributed by atoms with Gasteiger partial charge < -0.3 is 5.32 Å². The summed E-state index contributed by atoms with van der Waals surface area (Å²) in [4.78, 5) is 12.7. The third kappa shape index (κ3) is 3.50. The second-order valence-corrected chi connectivity index (χ2v) is 8.12. The zero-order chi connectivity index (χ0) is 20.0. The summed E-state index contributed by atoms with van der Waals surface area (Å²) >= 11 is 12.2. The van der Waals surface area contributed by atoms with E-state index in [0.717, 1.165) is 34.3 Å². The molecule has 0 spiro atoms. The van der Waals surface area contributed by atoms with Crippen LogP contribution in [0.1, 0.15) is 17.9 Å². The van der Waals surface area contributed by atoms with Crippen LogP contribution in [0, 0.1) is 5.92 Å². The smallest absolute Gasteiger partial charge is 0.228 e. The van der Waals surface area contributed by atoms with Gasteiger partial charge in [-0.2, -0.15) is 5.10 Å². The van der Waals surface area contributed by atoms with Gasteiger partial charge in [0.1, 0.15) is 5.69 Å². The van der Waals surface area contributed by atoms with E-state index in [1.54, 1.807) is 12.1 Å². The minimum Gasteiger partial charge on any atom is -0.326 e. The number of H-pyrrole nitrogens is 1. The van der Waals surface area contributed by atoms with Crippen LogP contribution in [0.15, 0.2) is 66.7 Å². The number of aromatic nitrogens is 2. The van der Waals surface area contributed by atoms with Gasteiger partial charge >= 0.3 is 0 Å². The molecule has 0 radical (unpaired) electrons. The number of fused-ring (bicyclic) bond motifs is 1. The molecule has 144 valence electrons. The molecule has 5 rings (SSSR count). The predicted molar refractivity (Wildman–Crippen MR) is 117 cm³/mol. The Labute approximate surface area is 177 Å². The molecule has 3 aromatic carbocycles. The van der Waals surface area contributed by atoms with Crippen LogP contribution in [0.3, 0.4) is 0 Å². The van der Waals surface area contributed by atoms with Crippen LogP contribution in [-0.2, 0) is 4.79 Å². The zero-order valence-corrected chi connectivity index (χ0v) is 16.8. The van der Waals surface area contributed by atoms with Crippen molar-refractivity contribution < 1.29 is 4.79 Å². The average Bonchev–Trinajstić information content (AvgIpc) is 3.44. The van der Waals surface area contributed by atoms with Gasteiger partial charge in [0.15, 0.2) is 0 Å². The lowest BCUT2D eigenvalue weighted by Gasteiger charge is -2.06. The van der Waals surface area contributed by atoms with E-state index in [1.165, 1.54) is 5.56 Å². The van der Waals surface area contributed by atoms with E-state index < -0.39 is 0 Å². The number of rotatable bonds is 4. The fourth-order valence-corrected chi connectivity index (χ4v) is 4.04. The number of hydrogen-bond acceptors (Lipinski definition) is 2. The summed E-state index contributed by atoms with van der Waals surface area (Å²) in [6, 6.07) is 21.3. The molecule has 0 aliphatic heterocycles. The molecule has 1 heterocycles. The van der Waals surface area contributed by atoms with Crippen molar-refractivity contribution in [2.75, 3.05) is 5.32 Å². The highest BCUT2D eigenvalue weighted by Crippen LogP contribution is 2.48. The van der Waals surface area contributed by atoms with Gasteiger partial charge in [-0.05, 0) is 48.2 Å². The molecule has 0 saturated heterocycles. The maximum Gasteiger partial charge on any atom is 0.228 e. The van der Waals surface area contributed by atoms with Gasteiger partial charge in [0.25, 0.3) is 0 Å². The molecule has 0 bridgehead atoms. The quantitative estimate of drug-likeness (QED) is 0.407. The van der Waals surface area contributed by atoms with E-state index >= 15 is 0 Å². The Kier molecular flexibility index (Phi) is 4.53. The molecule has 1 saturated carbocycles. The van der Waals surface area contributed by atoms with Crippen molar-refractivity contribution >= 4 is 45.7 Å². The number of carbonyl (C=O) groups excluding carboxylic acids is 1. The average molecular weight is 422 g/mol. The highest BCUT2D eigenvalue weighted by Gasteiger charge is 2.43. The first-order valence-corrected chi connectivity index (χ1v) is 10.1. The second-order valence-electron chi connectivity index (χ2n) is 7.31. The highest BCUT2D eigenvalue weighted by atomic mass is 35.5.